The van der Waals surface area contributed by atoms with Crippen LogP contribution >= 0.6 is 0 Å². The molecule has 2 rings (SSSR count). The molecule has 0 atom stereocenters. The summed E-state index contributed by atoms with van der Waals surface area (Å²) in [5.74, 6) is -1.25. The van der Waals surface area contributed by atoms with E-state index in [-0.39, 0.29) is 52.9 Å². The van der Waals surface area contributed by atoms with Crippen molar-refractivity contribution in [3.8, 4) is 11.5 Å². The Morgan fingerprint density at radius 1 is 0.509 bits per heavy atom. The SMILES string of the molecule is CC(C)CCCCCCCCCc1cc(C(C)(C)C)cc(C(=O)O)c1[O-].CC(C)CCCCCCCCCc1cc(C(C)(C)C)cc(C(=O)O)c1[O-].[Zn+2]. The van der Waals surface area contributed by atoms with Crippen LogP contribution < -0.4 is 10.2 Å². The summed E-state index contributed by atoms with van der Waals surface area (Å²) in [6, 6.07) is 6.93. The predicted molar refractivity (Wildman–Crippen MR) is 214 cm³/mol. The molecule has 7 heteroatoms. The summed E-state index contributed by atoms with van der Waals surface area (Å²) in [6.45, 7) is 21.3. The molecule has 0 aliphatic heterocycles. The molecular weight excluding hydrogens is 714 g/mol. The molecule has 2 N–H and O–H groups in total. The topological polar surface area (TPSA) is 121 Å². The van der Waals surface area contributed by atoms with E-state index in [9.17, 15) is 30.0 Å². The molecule has 296 valence electrons. The van der Waals surface area contributed by atoms with Gasteiger partial charge >= 0.3 is 31.4 Å². The smallest absolute Gasteiger partial charge is 0.872 e. The van der Waals surface area contributed by atoms with Gasteiger partial charge in [0.15, 0.2) is 0 Å². The van der Waals surface area contributed by atoms with Gasteiger partial charge in [-0.05, 0) is 71.6 Å². The van der Waals surface area contributed by atoms with Gasteiger partial charge in [-0.3, -0.25) is 0 Å². The molecule has 0 aliphatic carbocycles. The van der Waals surface area contributed by atoms with Crippen LogP contribution in [0.2, 0.25) is 0 Å². The molecule has 2 aromatic rings. The van der Waals surface area contributed by atoms with Crippen molar-refractivity contribution in [1.29, 1.82) is 0 Å². The Balaban J connectivity index is 0.00000100. The van der Waals surface area contributed by atoms with Crippen molar-refractivity contribution in [3.63, 3.8) is 0 Å². The van der Waals surface area contributed by atoms with Crippen molar-refractivity contribution in [3.05, 3.63) is 57.6 Å². The fourth-order valence-corrected chi connectivity index (χ4v) is 6.44. The number of aryl methyl sites for hydroxylation is 2. The van der Waals surface area contributed by atoms with E-state index >= 15 is 0 Å². The van der Waals surface area contributed by atoms with E-state index in [0.29, 0.717) is 24.0 Å². The molecule has 0 amide bonds. The summed E-state index contributed by atoms with van der Waals surface area (Å²) >= 11 is 0. The Morgan fingerprint density at radius 3 is 1.02 bits per heavy atom. The van der Waals surface area contributed by atoms with Crippen LogP contribution in [0.1, 0.15) is 215 Å². The van der Waals surface area contributed by atoms with Crippen LogP contribution in [0, 0.1) is 11.8 Å². The molecule has 2 aromatic carbocycles. The molecule has 0 saturated carbocycles. The van der Waals surface area contributed by atoms with Crippen LogP contribution in [0.15, 0.2) is 24.3 Å². The maximum absolute atomic E-state index is 12.4. The fraction of sp³-hybridized carbons (Fsp3) is 0.696. The minimum absolute atomic E-state index is 0. The number of rotatable bonds is 22. The zero-order valence-electron chi connectivity index (χ0n) is 35.4. The second-order valence-electron chi connectivity index (χ2n) is 17.9. The number of unbranched alkanes of at least 4 members (excludes halogenated alkanes) is 12. The Morgan fingerprint density at radius 2 is 0.774 bits per heavy atom. The first-order valence-corrected chi connectivity index (χ1v) is 20.4. The number of hydrogen-bond donors (Lipinski definition) is 2. The number of carboxylic acid groups (broad SMARTS) is 2. The van der Waals surface area contributed by atoms with E-state index in [1.165, 1.54) is 77.0 Å². The first-order valence-electron chi connectivity index (χ1n) is 20.4. The summed E-state index contributed by atoms with van der Waals surface area (Å²) in [5.41, 5.74) is 2.67. The normalized spacial score (nSPS) is 11.7. The third-order valence-electron chi connectivity index (χ3n) is 9.98. The summed E-state index contributed by atoms with van der Waals surface area (Å²) in [4.78, 5) is 22.8. The zero-order chi connectivity index (χ0) is 39.5. The predicted octanol–water partition coefficient (Wildman–Crippen LogP) is 12.1. The zero-order valence-corrected chi connectivity index (χ0v) is 38.4. The van der Waals surface area contributed by atoms with Crippen molar-refractivity contribution in [1.82, 2.24) is 0 Å². The molecule has 53 heavy (non-hydrogen) atoms. The van der Waals surface area contributed by atoms with Gasteiger partial charge in [0.2, 0.25) is 0 Å². The maximum atomic E-state index is 12.4. The summed E-state index contributed by atoms with van der Waals surface area (Å²) in [7, 11) is 0. The molecule has 0 aromatic heterocycles. The minimum atomic E-state index is -1.12. The van der Waals surface area contributed by atoms with Gasteiger partial charge in [-0.2, -0.15) is 0 Å². The number of carbonyl (C=O) groups is 2. The Labute approximate surface area is 336 Å². The van der Waals surface area contributed by atoms with Crippen molar-refractivity contribution in [2.45, 2.75) is 196 Å². The second kappa shape index (κ2) is 25.6. The van der Waals surface area contributed by atoms with Crippen molar-refractivity contribution < 1.29 is 49.5 Å². The van der Waals surface area contributed by atoms with Gasteiger partial charge < -0.3 is 20.4 Å². The van der Waals surface area contributed by atoms with Gasteiger partial charge in [-0.1, -0.05) is 194 Å². The first-order chi connectivity index (χ1) is 24.2. The van der Waals surface area contributed by atoms with E-state index in [1.54, 1.807) is 12.1 Å². The number of hydrogen-bond acceptors (Lipinski definition) is 4. The molecule has 6 nitrogen and oxygen atoms in total. The van der Waals surface area contributed by atoms with Gasteiger partial charge in [-0.25, -0.2) is 9.59 Å². The van der Waals surface area contributed by atoms with Crippen LogP contribution in [0.4, 0.5) is 0 Å². The molecule has 0 radical (unpaired) electrons. The molecule has 0 unspecified atom stereocenters. The Bertz CT molecular complexity index is 1250. The van der Waals surface area contributed by atoms with E-state index in [2.05, 4.69) is 27.7 Å². The first kappa shape index (κ1) is 50.6. The van der Waals surface area contributed by atoms with E-state index in [0.717, 1.165) is 48.6 Å². The summed E-state index contributed by atoms with van der Waals surface area (Å²) in [5, 5.41) is 43.5. The van der Waals surface area contributed by atoms with Gasteiger partial charge in [0.25, 0.3) is 0 Å². The van der Waals surface area contributed by atoms with Crippen molar-refractivity contribution in [2.24, 2.45) is 11.8 Å². The number of carboxylic acids is 2. The Kier molecular flexibility index (Phi) is 24.5. The van der Waals surface area contributed by atoms with Gasteiger partial charge in [0, 0.05) is 0 Å². The van der Waals surface area contributed by atoms with Crippen LogP contribution in [-0.2, 0) is 43.1 Å². The molecule has 0 fully saturated rings. The standard InChI is InChI=1S/2C23H38O3.Zn/c2*1-17(2)13-11-9-7-6-8-10-12-14-18-15-19(23(3,4)5)16-20(21(18)24)22(25)26;/h2*15-17,24H,6-14H2,1-5H3,(H,25,26);/q;;+2/p-2. The van der Waals surface area contributed by atoms with Crippen LogP contribution in [0.25, 0.3) is 0 Å². The molecule has 0 heterocycles. The molecule has 0 bridgehead atoms. The number of aromatic carboxylic acids is 2. The average molecular weight is 788 g/mol. The molecule has 0 saturated heterocycles. The summed E-state index contributed by atoms with van der Waals surface area (Å²) in [6.07, 6.45) is 20.9. The molecule has 0 spiro atoms. The summed E-state index contributed by atoms with van der Waals surface area (Å²) < 4.78 is 0. The Hall–Kier alpha value is -2.40. The largest absolute Gasteiger partial charge is 2.00 e. The maximum Gasteiger partial charge on any atom is 2.00 e. The van der Waals surface area contributed by atoms with Gasteiger partial charge in [0.1, 0.15) is 0 Å². The third-order valence-corrected chi connectivity index (χ3v) is 9.98. The van der Waals surface area contributed by atoms with Crippen LogP contribution in [0.3, 0.4) is 0 Å². The van der Waals surface area contributed by atoms with Crippen LogP contribution in [0.5, 0.6) is 11.5 Å². The molecular formula is C46H74O6Zn. The van der Waals surface area contributed by atoms with Crippen molar-refractivity contribution in [2.75, 3.05) is 0 Å². The van der Waals surface area contributed by atoms with E-state index in [4.69, 9.17) is 0 Å². The van der Waals surface area contributed by atoms with E-state index in [1.807, 2.05) is 53.7 Å². The monoisotopic (exact) mass is 786 g/mol. The fourth-order valence-electron chi connectivity index (χ4n) is 6.44. The molecule has 0 aliphatic rings. The quantitative estimate of drug-likeness (QED) is 0.0905. The van der Waals surface area contributed by atoms with Gasteiger partial charge in [0.05, 0.1) is 11.1 Å². The average Bonchev–Trinajstić information content (AvgIpc) is 3.03. The van der Waals surface area contributed by atoms with Gasteiger partial charge in [-0.15, -0.1) is 0 Å². The van der Waals surface area contributed by atoms with Crippen LogP contribution in [-0.4, -0.2) is 22.2 Å². The number of benzene rings is 2. The minimum Gasteiger partial charge on any atom is -0.872 e. The third kappa shape index (κ3) is 20.7. The van der Waals surface area contributed by atoms with E-state index < -0.39 is 11.9 Å². The van der Waals surface area contributed by atoms with Crippen molar-refractivity contribution >= 4 is 11.9 Å². The second-order valence-corrected chi connectivity index (χ2v) is 17.9.